The molecular weight excluding hydrogens is 697 g/mol. The van der Waals surface area contributed by atoms with Crippen LogP contribution in [-0.4, -0.2) is 37.2 Å². The second kappa shape index (κ2) is 44.3. The standard InChI is InChI=1S/C50H82O6/c1-4-7-10-13-16-19-21-22-23-24-25-26-27-28-29-32-34-37-40-43-49(52)55-46-47(45-54-48(51)42-39-36-33-30-18-15-12-9-6-3)56-50(53)44-41-38-35-31-20-17-14-11-8-5-2/h7,9-10,12,14,16-19,22-23,30,36,39,47H,4-6,8,11,13,15,20-21,24-29,31-35,37-38,40-46H2,1-3H3/b10-7-,12-9-,17-14-,19-16-,23-22-,30-18-,39-36-. The Morgan fingerprint density at radius 1 is 0.393 bits per heavy atom. The number of unbranched alkanes of at least 4 members (excludes halogenated alkanes) is 15. The van der Waals surface area contributed by atoms with E-state index in [9.17, 15) is 14.4 Å². The van der Waals surface area contributed by atoms with E-state index >= 15 is 0 Å². The lowest BCUT2D eigenvalue weighted by molar-refractivity contribution is -0.166. The Bertz CT molecular complexity index is 1120. The first-order chi connectivity index (χ1) is 27.5. The van der Waals surface area contributed by atoms with E-state index in [0.29, 0.717) is 12.8 Å². The summed E-state index contributed by atoms with van der Waals surface area (Å²) < 4.78 is 16.5. The second-order valence-corrected chi connectivity index (χ2v) is 14.6. The lowest BCUT2D eigenvalue weighted by atomic mass is 10.1. The summed E-state index contributed by atoms with van der Waals surface area (Å²) in [6.45, 7) is 6.23. The average molecular weight is 779 g/mol. The number of esters is 3. The van der Waals surface area contributed by atoms with Crippen LogP contribution in [0.1, 0.15) is 194 Å². The molecule has 6 nitrogen and oxygen atoms in total. The van der Waals surface area contributed by atoms with Gasteiger partial charge in [-0.3, -0.25) is 14.4 Å². The van der Waals surface area contributed by atoms with Crippen molar-refractivity contribution in [2.24, 2.45) is 0 Å². The SMILES string of the molecule is CC/C=C\C/C=C\C/C=C\CCCCCCCCCCCC(=O)OCC(COC(=O)C/C=C\C/C=C\C/C=C\CC)OC(=O)CCCCCC/C=C\CCCC. The highest BCUT2D eigenvalue weighted by Gasteiger charge is 2.19. The molecule has 0 aromatic rings. The van der Waals surface area contributed by atoms with E-state index in [1.807, 2.05) is 6.08 Å². The van der Waals surface area contributed by atoms with Gasteiger partial charge in [-0.2, -0.15) is 0 Å². The third-order valence-electron chi connectivity index (χ3n) is 9.15. The van der Waals surface area contributed by atoms with Gasteiger partial charge in [-0.15, -0.1) is 0 Å². The monoisotopic (exact) mass is 779 g/mol. The maximum Gasteiger partial charge on any atom is 0.309 e. The molecule has 0 aliphatic carbocycles. The van der Waals surface area contributed by atoms with Crippen LogP contribution in [0.25, 0.3) is 0 Å². The zero-order chi connectivity index (χ0) is 40.8. The van der Waals surface area contributed by atoms with Crippen LogP contribution in [0, 0.1) is 0 Å². The third kappa shape index (κ3) is 41.7. The van der Waals surface area contributed by atoms with Gasteiger partial charge in [-0.05, 0) is 83.5 Å². The molecule has 56 heavy (non-hydrogen) atoms. The first-order valence-corrected chi connectivity index (χ1v) is 22.6. The molecule has 0 aliphatic heterocycles. The van der Waals surface area contributed by atoms with Gasteiger partial charge >= 0.3 is 17.9 Å². The summed E-state index contributed by atoms with van der Waals surface area (Å²) in [6.07, 6.45) is 56.1. The molecule has 0 bridgehead atoms. The minimum Gasteiger partial charge on any atom is -0.462 e. The van der Waals surface area contributed by atoms with Gasteiger partial charge in [0.25, 0.3) is 0 Å². The normalized spacial score (nSPS) is 12.8. The van der Waals surface area contributed by atoms with Crippen LogP contribution in [0.15, 0.2) is 85.1 Å². The van der Waals surface area contributed by atoms with Gasteiger partial charge in [0.1, 0.15) is 13.2 Å². The third-order valence-corrected chi connectivity index (χ3v) is 9.15. The van der Waals surface area contributed by atoms with Gasteiger partial charge in [0.05, 0.1) is 6.42 Å². The van der Waals surface area contributed by atoms with Crippen LogP contribution in [0.3, 0.4) is 0 Å². The number of rotatable bonds is 39. The first-order valence-electron chi connectivity index (χ1n) is 22.6. The lowest BCUT2D eigenvalue weighted by Gasteiger charge is -2.18. The minimum atomic E-state index is -0.817. The van der Waals surface area contributed by atoms with E-state index < -0.39 is 12.1 Å². The van der Waals surface area contributed by atoms with Crippen molar-refractivity contribution in [3.8, 4) is 0 Å². The molecule has 0 spiro atoms. The molecule has 1 unspecified atom stereocenters. The van der Waals surface area contributed by atoms with Crippen molar-refractivity contribution in [1.82, 2.24) is 0 Å². The average Bonchev–Trinajstić information content (AvgIpc) is 3.19. The van der Waals surface area contributed by atoms with Crippen LogP contribution < -0.4 is 0 Å². The molecule has 0 aromatic heterocycles. The largest absolute Gasteiger partial charge is 0.462 e. The van der Waals surface area contributed by atoms with Gasteiger partial charge in [0.2, 0.25) is 0 Å². The molecule has 0 aliphatic rings. The van der Waals surface area contributed by atoms with Crippen LogP contribution in [-0.2, 0) is 28.6 Å². The van der Waals surface area contributed by atoms with E-state index in [1.165, 1.54) is 57.8 Å². The van der Waals surface area contributed by atoms with Gasteiger partial charge in [-0.1, -0.05) is 176 Å². The van der Waals surface area contributed by atoms with Crippen molar-refractivity contribution in [3.05, 3.63) is 85.1 Å². The summed E-state index contributed by atoms with van der Waals surface area (Å²) >= 11 is 0. The summed E-state index contributed by atoms with van der Waals surface area (Å²) in [6, 6.07) is 0. The van der Waals surface area contributed by atoms with Crippen LogP contribution >= 0.6 is 0 Å². The molecule has 0 rings (SSSR count). The fraction of sp³-hybridized carbons (Fsp3) is 0.660. The van der Waals surface area contributed by atoms with Crippen molar-refractivity contribution < 1.29 is 28.6 Å². The summed E-state index contributed by atoms with van der Waals surface area (Å²) in [5.41, 5.74) is 0. The van der Waals surface area contributed by atoms with Crippen molar-refractivity contribution >= 4 is 17.9 Å². The fourth-order valence-corrected chi connectivity index (χ4v) is 5.79. The van der Waals surface area contributed by atoms with Gasteiger partial charge in [-0.25, -0.2) is 0 Å². The molecule has 0 N–H and O–H groups in total. The summed E-state index contributed by atoms with van der Waals surface area (Å²) in [5, 5.41) is 0. The number of hydrogen-bond acceptors (Lipinski definition) is 6. The molecule has 0 saturated heterocycles. The molecule has 0 fully saturated rings. The molecule has 0 aromatic carbocycles. The highest BCUT2D eigenvalue weighted by Crippen LogP contribution is 2.13. The predicted molar refractivity (Wildman–Crippen MR) is 237 cm³/mol. The number of hydrogen-bond donors (Lipinski definition) is 0. The molecular formula is C50H82O6. The molecule has 318 valence electrons. The summed E-state index contributed by atoms with van der Waals surface area (Å²) in [4.78, 5) is 37.6. The summed E-state index contributed by atoms with van der Waals surface area (Å²) in [7, 11) is 0. The zero-order valence-corrected chi connectivity index (χ0v) is 36.1. The highest BCUT2D eigenvalue weighted by molar-refractivity contribution is 5.72. The van der Waals surface area contributed by atoms with E-state index in [-0.39, 0.29) is 31.6 Å². The van der Waals surface area contributed by atoms with E-state index in [2.05, 4.69) is 93.7 Å². The first kappa shape index (κ1) is 52.6. The molecule has 0 amide bonds. The van der Waals surface area contributed by atoms with Crippen molar-refractivity contribution in [2.45, 2.75) is 200 Å². The van der Waals surface area contributed by atoms with Crippen molar-refractivity contribution in [1.29, 1.82) is 0 Å². The van der Waals surface area contributed by atoms with Gasteiger partial charge in [0.15, 0.2) is 6.10 Å². The maximum absolute atomic E-state index is 12.7. The Hall–Kier alpha value is -3.41. The van der Waals surface area contributed by atoms with Gasteiger partial charge < -0.3 is 14.2 Å². The van der Waals surface area contributed by atoms with Crippen LogP contribution in [0.5, 0.6) is 0 Å². The molecule has 0 heterocycles. The van der Waals surface area contributed by atoms with Crippen molar-refractivity contribution in [3.63, 3.8) is 0 Å². The number of ether oxygens (including phenoxy) is 3. The van der Waals surface area contributed by atoms with E-state index in [4.69, 9.17) is 14.2 Å². The predicted octanol–water partition coefficient (Wildman–Crippen LogP) is 14.5. The lowest BCUT2D eigenvalue weighted by Crippen LogP contribution is -2.30. The molecule has 1 atom stereocenters. The Morgan fingerprint density at radius 3 is 1.27 bits per heavy atom. The Balaban J connectivity index is 4.35. The minimum absolute atomic E-state index is 0.112. The highest BCUT2D eigenvalue weighted by atomic mass is 16.6. The van der Waals surface area contributed by atoms with Crippen LogP contribution in [0.4, 0.5) is 0 Å². The smallest absolute Gasteiger partial charge is 0.309 e. The fourth-order valence-electron chi connectivity index (χ4n) is 5.79. The van der Waals surface area contributed by atoms with Gasteiger partial charge in [0, 0.05) is 12.8 Å². The maximum atomic E-state index is 12.7. The Labute approximate surface area is 344 Å². The van der Waals surface area contributed by atoms with Crippen LogP contribution in [0.2, 0.25) is 0 Å². The number of carbonyl (C=O) groups is 3. The Morgan fingerprint density at radius 2 is 0.768 bits per heavy atom. The zero-order valence-electron chi connectivity index (χ0n) is 36.1. The topological polar surface area (TPSA) is 78.9 Å². The second-order valence-electron chi connectivity index (χ2n) is 14.6. The summed E-state index contributed by atoms with van der Waals surface area (Å²) in [5.74, 6) is -1.07. The molecule has 0 radical (unpaired) electrons. The van der Waals surface area contributed by atoms with Crippen molar-refractivity contribution in [2.75, 3.05) is 13.2 Å². The van der Waals surface area contributed by atoms with E-state index in [0.717, 1.165) is 96.3 Å². The quantitative estimate of drug-likeness (QED) is 0.0268. The Kier molecular flexibility index (Phi) is 41.6. The molecule has 6 heteroatoms. The molecule has 0 saturated carbocycles. The van der Waals surface area contributed by atoms with E-state index in [1.54, 1.807) is 6.08 Å². The number of allylic oxidation sites excluding steroid dienone is 13. The number of carbonyl (C=O) groups excluding carboxylic acids is 3.